The molecule has 0 spiro atoms. The number of nitrogens with zero attached hydrogens (tertiary/aromatic N) is 3. The van der Waals surface area contributed by atoms with Gasteiger partial charge in [-0.05, 0) is 31.7 Å². The number of anilines is 1. The number of imide groups is 1. The summed E-state index contributed by atoms with van der Waals surface area (Å²) in [7, 11) is 0. The molecule has 7 nitrogen and oxygen atoms in total. The predicted molar refractivity (Wildman–Crippen MR) is 103 cm³/mol. The van der Waals surface area contributed by atoms with Crippen molar-refractivity contribution in [3.05, 3.63) is 42.5 Å². The van der Waals surface area contributed by atoms with Crippen LogP contribution in [0.1, 0.15) is 20.3 Å². The number of likely N-dealkylation sites (tertiary alicyclic amines) is 1. The SMILES string of the molecule is CC(C)OC(=O)N1CC2CC1[C@@H]1C(=O)N(c3cccc4ccccc34)C(=O)N21. The Kier molecular flexibility index (Phi) is 3.62. The molecule has 0 aliphatic carbocycles. The largest absolute Gasteiger partial charge is 0.447 e. The number of urea groups is 1. The predicted octanol–water partition coefficient (Wildman–Crippen LogP) is 2.98. The van der Waals surface area contributed by atoms with Gasteiger partial charge in [0.05, 0.1) is 23.9 Å². The van der Waals surface area contributed by atoms with Crippen molar-refractivity contribution < 1.29 is 19.1 Å². The van der Waals surface area contributed by atoms with Gasteiger partial charge in [-0.25, -0.2) is 14.5 Å². The molecule has 2 aromatic carbocycles. The molecule has 4 amide bonds. The van der Waals surface area contributed by atoms with Crippen molar-refractivity contribution in [2.45, 2.75) is 44.5 Å². The normalized spacial score (nSPS) is 26.0. The minimum Gasteiger partial charge on any atom is -0.447 e. The number of hydrogen-bond donors (Lipinski definition) is 0. The first kappa shape index (κ1) is 17.0. The van der Waals surface area contributed by atoms with Crippen LogP contribution in [0.15, 0.2) is 42.5 Å². The van der Waals surface area contributed by atoms with E-state index in [-0.39, 0.29) is 30.1 Å². The van der Waals surface area contributed by atoms with Crippen LogP contribution in [0.3, 0.4) is 0 Å². The number of carbonyl (C=O) groups excluding carboxylic acids is 3. The van der Waals surface area contributed by atoms with Gasteiger partial charge in [0.15, 0.2) is 0 Å². The van der Waals surface area contributed by atoms with Crippen molar-refractivity contribution in [3.63, 3.8) is 0 Å². The lowest BCUT2D eigenvalue weighted by atomic mass is 10.1. The van der Waals surface area contributed by atoms with Crippen LogP contribution in [0, 0.1) is 0 Å². The minimum absolute atomic E-state index is 0.147. The molecule has 2 unspecified atom stereocenters. The lowest BCUT2D eigenvalue weighted by Crippen LogP contribution is -2.55. The Morgan fingerprint density at radius 3 is 2.64 bits per heavy atom. The lowest BCUT2D eigenvalue weighted by molar-refractivity contribution is -0.121. The van der Waals surface area contributed by atoms with E-state index in [1.54, 1.807) is 29.7 Å². The van der Waals surface area contributed by atoms with Crippen molar-refractivity contribution in [1.82, 2.24) is 9.80 Å². The number of piperazine rings is 1. The number of fused-ring (bicyclic) bond motifs is 6. The molecule has 7 heteroatoms. The highest BCUT2D eigenvalue weighted by atomic mass is 16.6. The maximum atomic E-state index is 13.3. The van der Waals surface area contributed by atoms with E-state index in [2.05, 4.69) is 0 Å². The molecule has 144 valence electrons. The Hall–Kier alpha value is -3.09. The summed E-state index contributed by atoms with van der Waals surface area (Å²) in [5.41, 5.74) is 0.596. The van der Waals surface area contributed by atoms with Gasteiger partial charge < -0.3 is 14.5 Å². The molecule has 0 N–H and O–H groups in total. The third-order valence-electron chi connectivity index (χ3n) is 5.84. The zero-order valence-corrected chi connectivity index (χ0v) is 15.7. The van der Waals surface area contributed by atoms with Gasteiger partial charge >= 0.3 is 12.1 Å². The molecule has 28 heavy (non-hydrogen) atoms. The van der Waals surface area contributed by atoms with Gasteiger partial charge in [-0.2, -0.15) is 0 Å². The number of ether oxygens (including phenoxy) is 1. The molecule has 3 aliphatic rings. The van der Waals surface area contributed by atoms with E-state index in [1.807, 2.05) is 36.4 Å². The first-order valence-corrected chi connectivity index (χ1v) is 9.58. The summed E-state index contributed by atoms with van der Waals surface area (Å²) in [4.78, 5) is 43.5. The van der Waals surface area contributed by atoms with Gasteiger partial charge in [0.25, 0.3) is 5.91 Å². The van der Waals surface area contributed by atoms with Crippen LogP contribution in [0.2, 0.25) is 0 Å². The van der Waals surface area contributed by atoms with Crippen LogP contribution in [-0.4, -0.2) is 58.6 Å². The average molecular weight is 379 g/mol. The second kappa shape index (κ2) is 5.95. The Morgan fingerprint density at radius 1 is 1.11 bits per heavy atom. The molecule has 2 bridgehead atoms. The van der Waals surface area contributed by atoms with E-state index in [0.29, 0.717) is 18.7 Å². The summed E-state index contributed by atoms with van der Waals surface area (Å²) in [6.45, 7) is 4.01. The zero-order valence-electron chi connectivity index (χ0n) is 15.7. The van der Waals surface area contributed by atoms with Gasteiger partial charge in [0, 0.05) is 11.9 Å². The topological polar surface area (TPSA) is 70.2 Å². The maximum absolute atomic E-state index is 13.3. The Balaban J connectivity index is 1.50. The third kappa shape index (κ3) is 2.25. The molecule has 0 radical (unpaired) electrons. The number of rotatable bonds is 2. The smallest absolute Gasteiger partial charge is 0.410 e. The van der Waals surface area contributed by atoms with Gasteiger partial charge in [0.2, 0.25) is 0 Å². The van der Waals surface area contributed by atoms with Gasteiger partial charge in [-0.15, -0.1) is 0 Å². The second-order valence-electron chi connectivity index (χ2n) is 7.85. The van der Waals surface area contributed by atoms with E-state index in [9.17, 15) is 14.4 Å². The molecular weight excluding hydrogens is 358 g/mol. The lowest BCUT2D eigenvalue weighted by Gasteiger charge is -2.34. The molecule has 3 saturated heterocycles. The molecule has 3 aliphatic heterocycles. The molecule has 2 aromatic rings. The summed E-state index contributed by atoms with van der Waals surface area (Å²) >= 11 is 0. The number of carbonyl (C=O) groups is 3. The monoisotopic (exact) mass is 379 g/mol. The fourth-order valence-corrected chi connectivity index (χ4v) is 4.76. The van der Waals surface area contributed by atoms with Crippen LogP contribution in [-0.2, 0) is 9.53 Å². The van der Waals surface area contributed by atoms with E-state index in [0.717, 1.165) is 10.8 Å². The van der Waals surface area contributed by atoms with E-state index >= 15 is 0 Å². The highest BCUT2D eigenvalue weighted by Crippen LogP contribution is 2.43. The summed E-state index contributed by atoms with van der Waals surface area (Å²) in [5.74, 6) is -0.268. The van der Waals surface area contributed by atoms with Gasteiger partial charge in [-0.3, -0.25) is 4.79 Å². The van der Waals surface area contributed by atoms with Crippen molar-refractivity contribution in [2.24, 2.45) is 0 Å². The molecule has 0 aromatic heterocycles. The summed E-state index contributed by atoms with van der Waals surface area (Å²) in [5, 5.41) is 1.83. The van der Waals surface area contributed by atoms with Crippen molar-refractivity contribution in [1.29, 1.82) is 0 Å². The average Bonchev–Trinajstić information content (AvgIpc) is 3.33. The summed E-state index contributed by atoms with van der Waals surface area (Å²) in [6, 6.07) is 11.9. The molecule has 0 saturated carbocycles. The van der Waals surface area contributed by atoms with Crippen LogP contribution >= 0.6 is 0 Å². The Labute approximate surface area is 162 Å². The van der Waals surface area contributed by atoms with E-state index < -0.39 is 12.1 Å². The van der Waals surface area contributed by atoms with Crippen molar-refractivity contribution in [3.8, 4) is 0 Å². The van der Waals surface area contributed by atoms with Crippen LogP contribution < -0.4 is 4.90 Å². The van der Waals surface area contributed by atoms with Gasteiger partial charge in [-0.1, -0.05) is 36.4 Å². The third-order valence-corrected chi connectivity index (χ3v) is 5.84. The molecule has 5 rings (SSSR count). The summed E-state index contributed by atoms with van der Waals surface area (Å²) in [6.07, 6.45) is -0.0135. The Bertz CT molecular complexity index is 999. The Morgan fingerprint density at radius 2 is 1.86 bits per heavy atom. The number of amides is 4. The van der Waals surface area contributed by atoms with Crippen LogP contribution in [0.5, 0.6) is 0 Å². The van der Waals surface area contributed by atoms with Crippen LogP contribution in [0.25, 0.3) is 10.8 Å². The molecular formula is C21H21N3O4. The fraction of sp³-hybridized carbons (Fsp3) is 0.381. The highest BCUT2D eigenvalue weighted by Gasteiger charge is 2.63. The second-order valence-corrected chi connectivity index (χ2v) is 7.85. The fourth-order valence-electron chi connectivity index (χ4n) is 4.76. The van der Waals surface area contributed by atoms with Crippen molar-refractivity contribution >= 4 is 34.5 Å². The highest BCUT2D eigenvalue weighted by molar-refractivity contribution is 6.25. The molecule has 3 atom stereocenters. The van der Waals surface area contributed by atoms with E-state index in [4.69, 9.17) is 4.74 Å². The minimum atomic E-state index is -0.634. The first-order valence-electron chi connectivity index (χ1n) is 9.58. The van der Waals surface area contributed by atoms with Crippen molar-refractivity contribution in [2.75, 3.05) is 11.4 Å². The number of hydrogen-bond acceptors (Lipinski definition) is 4. The number of benzene rings is 2. The zero-order chi connectivity index (χ0) is 19.6. The molecule has 3 heterocycles. The maximum Gasteiger partial charge on any atom is 0.410 e. The quantitative estimate of drug-likeness (QED) is 0.752. The molecule has 3 fully saturated rings. The van der Waals surface area contributed by atoms with Crippen LogP contribution in [0.4, 0.5) is 15.3 Å². The standard InChI is InChI=1S/C21H21N3O4/c1-12(2)28-21(27)22-11-14-10-17(22)18-19(25)24(20(26)23(14)18)16-9-5-7-13-6-3-4-8-15(13)16/h3-9,12,14,17-18H,10-11H2,1-2H3/t14?,17?,18-/m1/s1. The van der Waals surface area contributed by atoms with Gasteiger partial charge in [0.1, 0.15) is 6.04 Å². The van der Waals surface area contributed by atoms with E-state index in [1.165, 1.54) is 4.90 Å². The summed E-state index contributed by atoms with van der Waals surface area (Å²) < 4.78 is 5.33. The first-order chi connectivity index (χ1) is 13.5.